The van der Waals surface area contributed by atoms with E-state index in [0.717, 1.165) is 72.0 Å². The van der Waals surface area contributed by atoms with E-state index >= 15 is 0 Å². The summed E-state index contributed by atoms with van der Waals surface area (Å²) in [4.78, 5) is 15.5. The van der Waals surface area contributed by atoms with E-state index in [1.54, 1.807) is 0 Å². The van der Waals surface area contributed by atoms with Crippen molar-refractivity contribution in [1.29, 1.82) is 0 Å². The molecule has 2 heterocycles. The van der Waals surface area contributed by atoms with Crippen molar-refractivity contribution in [3.8, 4) is 67.5 Å². The summed E-state index contributed by atoms with van der Waals surface area (Å²) in [5, 5.41) is 2.09. The molecular weight excluding hydrogens is 599 g/mol. The molecule has 0 unspecified atom stereocenters. The molecule has 9 aromatic rings. The molecule has 0 aliphatic rings. The average molecular weight is 628 g/mol. The number of rotatable bonds is 6. The van der Waals surface area contributed by atoms with E-state index in [0.29, 0.717) is 17.5 Å². The predicted octanol–water partition coefficient (Wildman–Crippen LogP) is 11.8. The molecule has 0 aliphatic carbocycles. The molecule has 0 radical (unpaired) electrons. The molecule has 49 heavy (non-hydrogen) atoms. The van der Waals surface area contributed by atoms with Crippen molar-refractivity contribution in [3.63, 3.8) is 0 Å². The highest BCUT2D eigenvalue weighted by atomic mass is 16.3. The fourth-order valence-corrected chi connectivity index (χ4v) is 6.50. The summed E-state index contributed by atoms with van der Waals surface area (Å²) < 4.78 is 6.46. The minimum Gasteiger partial charge on any atom is -0.455 e. The minimum atomic E-state index is 0.557. The van der Waals surface area contributed by atoms with Crippen LogP contribution in [0.1, 0.15) is 0 Å². The molecule has 0 bridgehead atoms. The molecule has 7 aromatic carbocycles. The summed E-state index contributed by atoms with van der Waals surface area (Å²) in [6.07, 6.45) is 0. The van der Waals surface area contributed by atoms with Gasteiger partial charge in [0.05, 0.1) is 5.56 Å². The first-order valence-corrected chi connectivity index (χ1v) is 16.4. The lowest BCUT2D eigenvalue weighted by Gasteiger charge is -2.13. The number of furan rings is 1. The van der Waals surface area contributed by atoms with Gasteiger partial charge < -0.3 is 4.42 Å². The van der Waals surface area contributed by atoms with Crippen LogP contribution < -0.4 is 0 Å². The second-order valence-corrected chi connectivity index (χ2v) is 12.1. The molecule has 0 spiro atoms. The van der Waals surface area contributed by atoms with Crippen LogP contribution >= 0.6 is 0 Å². The maximum absolute atomic E-state index is 6.46. The fourth-order valence-electron chi connectivity index (χ4n) is 6.50. The smallest absolute Gasteiger partial charge is 0.167 e. The molecule has 4 nitrogen and oxygen atoms in total. The summed E-state index contributed by atoms with van der Waals surface area (Å²) in [5.41, 5.74) is 10.9. The van der Waals surface area contributed by atoms with Crippen LogP contribution in [-0.4, -0.2) is 15.0 Å². The molecule has 0 N–H and O–H groups in total. The van der Waals surface area contributed by atoms with Crippen molar-refractivity contribution in [3.05, 3.63) is 176 Å². The summed E-state index contributed by atoms with van der Waals surface area (Å²) in [6, 6.07) is 60.5. The topological polar surface area (TPSA) is 51.8 Å². The van der Waals surface area contributed by atoms with Gasteiger partial charge in [-0.1, -0.05) is 140 Å². The normalized spacial score (nSPS) is 11.3. The third-order valence-corrected chi connectivity index (χ3v) is 8.91. The molecule has 0 fully saturated rings. The number of hydrogen-bond acceptors (Lipinski definition) is 4. The van der Waals surface area contributed by atoms with Gasteiger partial charge in [-0.05, 0) is 69.8 Å². The van der Waals surface area contributed by atoms with Crippen LogP contribution in [-0.2, 0) is 0 Å². The first-order valence-electron chi connectivity index (χ1n) is 16.4. The Bertz CT molecular complexity index is 2540. The quantitative estimate of drug-likeness (QED) is 0.184. The van der Waals surface area contributed by atoms with Crippen molar-refractivity contribution in [2.24, 2.45) is 0 Å². The van der Waals surface area contributed by atoms with E-state index < -0.39 is 0 Å². The van der Waals surface area contributed by atoms with Crippen molar-refractivity contribution in [2.75, 3.05) is 0 Å². The number of para-hydroxylation sites is 2. The lowest BCUT2D eigenvalue weighted by atomic mass is 9.96. The highest BCUT2D eigenvalue weighted by molar-refractivity contribution is 6.09. The van der Waals surface area contributed by atoms with Crippen molar-refractivity contribution in [1.82, 2.24) is 15.0 Å². The van der Waals surface area contributed by atoms with Gasteiger partial charge in [0.2, 0.25) is 0 Å². The Morgan fingerprint density at radius 1 is 0.306 bits per heavy atom. The number of nitrogens with zero attached hydrogens (tertiary/aromatic N) is 3. The maximum Gasteiger partial charge on any atom is 0.167 e. The molecule has 0 saturated carbocycles. The predicted molar refractivity (Wildman–Crippen MR) is 200 cm³/mol. The van der Waals surface area contributed by atoms with Crippen LogP contribution in [0.3, 0.4) is 0 Å². The molecule has 0 atom stereocenters. The summed E-state index contributed by atoms with van der Waals surface area (Å²) in [7, 11) is 0. The second-order valence-electron chi connectivity index (χ2n) is 12.1. The van der Waals surface area contributed by atoms with Gasteiger partial charge in [-0.25, -0.2) is 15.0 Å². The van der Waals surface area contributed by atoms with Crippen LogP contribution in [0.15, 0.2) is 180 Å². The fraction of sp³-hybridized carbons (Fsp3) is 0. The van der Waals surface area contributed by atoms with Crippen molar-refractivity contribution >= 4 is 21.9 Å². The lowest BCUT2D eigenvalue weighted by Crippen LogP contribution is -2.01. The standard InChI is InChI=1S/C45H29N3O/c1-4-14-30(15-5-1)33-20-12-21-34(26-33)43-46-44(48-45(47-43)40-24-13-23-39-38-22-10-11-25-41(38)49-42(39)40)37-28-35(31-16-6-2-7-17-31)27-36(29-37)32-18-8-3-9-19-32/h1-29H. The summed E-state index contributed by atoms with van der Waals surface area (Å²) >= 11 is 0. The zero-order valence-corrected chi connectivity index (χ0v) is 26.5. The van der Waals surface area contributed by atoms with Gasteiger partial charge in [-0.15, -0.1) is 0 Å². The number of benzene rings is 7. The van der Waals surface area contributed by atoms with Crippen molar-refractivity contribution < 1.29 is 4.42 Å². The molecular formula is C45H29N3O. The van der Waals surface area contributed by atoms with E-state index in [-0.39, 0.29) is 0 Å². The van der Waals surface area contributed by atoms with Gasteiger partial charge in [-0.3, -0.25) is 0 Å². The van der Waals surface area contributed by atoms with Crippen LogP contribution in [0.25, 0.3) is 89.5 Å². The second kappa shape index (κ2) is 12.2. The van der Waals surface area contributed by atoms with Crippen LogP contribution in [0.2, 0.25) is 0 Å². The minimum absolute atomic E-state index is 0.557. The molecule has 230 valence electrons. The zero-order valence-electron chi connectivity index (χ0n) is 26.5. The number of hydrogen-bond donors (Lipinski definition) is 0. The largest absolute Gasteiger partial charge is 0.455 e. The van der Waals surface area contributed by atoms with Gasteiger partial charge >= 0.3 is 0 Å². The third kappa shape index (κ3) is 5.45. The Hall–Kier alpha value is -6.65. The first kappa shape index (κ1) is 28.6. The van der Waals surface area contributed by atoms with E-state index in [4.69, 9.17) is 19.4 Å². The Labute approximate surface area is 284 Å². The molecule has 0 amide bonds. The monoisotopic (exact) mass is 627 g/mol. The van der Waals surface area contributed by atoms with Crippen molar-refractivity contribution in [2.45, 2.75) is 0 Å². The average Bonchev–Trinajstić information content (AvgIpc) is 3.58. The van der Waals surface area contributed by atoms with E-state index in [9.17, 15) is 0 Å². The summed E-state index contributed by atoms with van der Waals surface area (Å²) in [5.74, 6) is 1.74. The summed E-state index contributed by atoms with van der Waals surface area (Å²) in [6.45, 7) is 0. The third-order valence-electron chi connectivity index (χ3n) is 8.91. The van der Waals surface area contributed by atoms with Crippen LogP contribution in [0, 0.1) is 0 Å². The lowest BCUT2D eigenvalue weighted by molar-refractivity contribution is 0.669. The Morgan fingerprint density at radius 3 is 1.43 bits per heavy atom. The van der Waals surface area contributed by atoms with Gasteiger partial charge in [-0.2, -0.15) is 0 Å². The Morgan fingerprint density at radius 2 is 0.755 bits per heavy atom. The maximum atomic E-state index is 6.46. The molecule has 0 aliphatic heterocycles. The number of aromatic nitrogens is 3. The zero-order chi connectivity index (χ0) is 32.6. The SMILES string of the molecule is c1ccc(-c2cccc(-c3nc(-c4cc(-c5ccccc5)cc(-c5ccccc5)c4)nc(-c4cccc5c4oc4ccccc45)n3)c2)cc1. The Kier molecular flexibility index (Phi) is 7.10. The van der Waals surface area contributed by atoms with Gasteiger partial charge in [0.1, 0.15) is 11.2 Å². The molecule has 4 heteroatoms. The molecule has 2 aromatic heterocycles. The van der Waals surface area contributed by atoms with E-state index in [1.807, 2.05) is 48.5 Å². The molecule has 9 rings (SSSR count). The van der Waals surface area contributed by atoms with Crippen LogP contribution in [0.4, 0.5) is 0 Å². The highest BCUT2D eigenvalue weighted by Crippen LogP contribution is 2.37. The highest BCUT2D eigenvalue weighted by Gasteiger charge is 2.19. The van der Waals surface area contributed by atoms with Gasteiger partial charge in [0.25, 0.3) is 0 Å². The van der Waals surface area contributed by atoms with Crippen LogP contribution in [0.5, 0.6) is 0 Å². The first-order chi connectivity index (χ1) is 24.3. The molecule has 0 saturated heterocycles. The van der Waals surface area contributed by atoms with E-state index in [2.05, 4.69) is 127 Å². The van der Waals surface area contributed by atoms with E-state index in [1.165, 1.54) is 0 Å². The number of fused-ring (bicyclic) bond motifs is 3. The van der Waals surface area contributed by atoms with Gasteiger partial charge in [0.15, 0.2) is 17.5 Å². The van der Waals surface area contributed by atoms with Gasteiger partial charge in [0, 0.05) is 21.9 Å². The Balaban J connectivity index is 1.29.